The van der Waals surface area contributed by atoms with Gasteiger partial charge in [-0.15, -0.1) is 0 Å². The first-order valence-corrected chi connectivity index (χ1v) is 19.7. The van der Waals surface area contributed by atoms with Crippen molar-refractivity contribution >= 4 is 66.4 Å². The molecule has 0 radical (unpaired) electrons. The molecule has 2 heterocycles. The van der Waals surface area contributed by atoms with Crippen molar-refractivity contribution in [2.45, 2.75) is 0 Å². The summed E-state index contributed by atoms with van der Waals surface area (Å²) >= 11 is 0. The summed E-state index contributed by atoms with van der Waals surface area (Å²) in [5.41, 5.74) is 10.9. The molecule has 0 aromatic heterocycles. The van der Waals surface area contributed by atoms with Gasteiger partial charge in [0.2, 0.25) is 0 Å². The fourth-order valence-corrected chi connectivity index (χ4v) is 9.02. The van der Waals surface area contributed by atoms with Gasteiger partial charge in [0.1, 0.15) is 0 Å². The Morgan fingerprint density at radius 2 is 0.690 bits per heavy atom. The lowest BCUT2D eigenvalue weighted by Gasteiger charge is -2.33. The van der Waals surface area contributed by atoms with E-state index >= 15 is 0 Å². The fraction of sp³-hybridized carbons (Fsp3) is 0. The Labute approximate surface area is 336 Å². The summed E-state index contributed by atoms with van der Waals surface area (Å²) in [6.07, 6.45) is 0. The van der Waals surface area contributed by atoms with Gasteiger partial charge in [0.15, 0.2) is 23.0 Å². The first-order valence-electron chi connectivity index (χ1n) is 19.7. The number of hydrogen-bond donors (Lipinski definition) is 0. The van der Waals surface area contributed by atoms with Crippen LogP contribution in [0.5, 0.6) is 23.0 Å². The number of nitrogens with zero attached hydrogens (tertiary/aromatic N) is 2. The van der Waals surface area contributed by atoms with E-state index in [0.29, 0.717) is 0 Å². The van der Waals surface area contributed by atoms with E-state index < -0.39 is 0 Å². The van der Waals surface area contributed by atoms with E-state index in [4.69, 9.17) is 9.47 Å². The zero-order valence-corrected chi connectivity index (χ0v) is 31.3. The summed E-state index contributed by atoms with van der Waals surface area (Å²) in [4.78, 5) is 4.67. The highest BCUT2D eigenvalue weighted by Crippen LogP contribution is 2.54. The van der Waals surface area contributed by atoms with Crippen LogP contribution in [0.15, 0.2) is 206 Å². The molecule has 2 aliphatic rings. The average Bonchev–Trinajstić information content (AvgIpc) is 3.29. The lowest BCUT2D eigenvalue weighted by atomic mass is 9.85. The molecule has 10 aromatic carbocycles. The molecule has 4 heteroatoms. The second kappa shape index (κ2) is 12.9. The van der Waals surface area contributed by atoms with E-state index in [1.807, 2.05) is 48.5 Å². The van der Waals surface area contributed by atoms with Crippen LogP contribution in [0.25, 0.3) is 54.6 Å². The van der Waals surface area contributed by atoms with Gasteiger partial charge < -0.3 is 19.3 Å². The van der Waals surface area contributed by atoms with Crippen molar-refractivity contribution in [2.24, 2.45) is 0 Å². The van der Waals surface area contributed by atoms with Crippen LogP contribution in [0, 0.1) is 0 Å². The van der Waals surface area contributed by atoms with E-state index in [9.17, 15) is 0 Å². The van der Waals surface area contributed by atoms with Crippen molar-refractivity contribution in [3.05, 3.63) is 206 Å². The van der Waals surface area contributed by atoms with Gasteiger partial charge in [0.25, 0.3) is 0 Å². The van der Waals surface area contributed by atoms with Crippen molar-refractivity contribution < 1.29 is 9.47 Å². The van der Waals surface area contributed by atoms with E-state index in [2.05, 4.69) is 168 Å². The Hall–Kier alpha value is -7.82. The Bertz CT molecular complexity index is 3170. The van der Waals surface area contributed by atoms with Gasteiger partial charge in [0.05, 0.1) is 22.7 Å². The molecule has 0 saturated carbocycles. The maximum Gasteiger partial charge on any atom is 0.151 e. The molecule has 12 rings (SSSR count). The van der Waals surface area contributed by atoms with Crippen LogP contribution in [0.3, 0.4) is 0 Å². The predicted octanol–water partition coefficient (Wildman–Crippen LogP) is 15.6. The van der Waals surface area contributed by atoms with E-state index in [-0.39, 0.29) is 0 Å². The van der Waals surface area contributed by atoms with Gasteiger partial charge in [-0.1, -0.05) is 127 Å². The van der Waals surface area contributed by atoms with Crippen molar-refractivity contribution in [2.75, 3.05) is 9.80 Å². The molecule has 2 aliphatic heterocycles. The first kappa shape index (κ1) is 32.4. The summed E-state index contributed by atoms with van der Waals surface area (Å²) in [5.74, 6) is 3.33. The Morgan fingerprint density at radius 1 is 0.276 bits per heavy atom. The zero-order chi connectivity index (χ0) is 38.2. The molecule has 58 heavy (non-hydrogen) atoms. The van der Waals surface area contributed by atoms with Crippen molar-refractivity contribution in [1.82, 2.24) is 0 Å². The first-order chi connectivity index (χ1) is 28.8. The van der Waals surface area contributed by atoms with Crippen LogP contribution < -0.4 is 19.3 Å². The number of hydrogen-bond acceptors (Lipinski definition) is 4. The van der Waals surface area contributed by atoms with Gasteiger partial charge in [-0.05, 0) is 133 Å². The largest absolute Gasteiger partial charge is 0.453 e. The minimum atomic E-state index is 0.832. The van der Waals surface area contributed by atoms with E-state index in [0.717, 1.165) is 62.7 Å². The molecule has 0 N–H and O–H groups in total. The SMILES string of the molecule is c1ccc(-c2c3ccc(N4c5ccccc5Oc5ccccc54)cc3c(-c3ccc4ccccc4c3)c3ccc(N4c5ccccc5Oc5ccccc54)cc23)cc1. The molecule has 0 atom stereocenters. The van der Waals surface area contributed by atoms with Crippen LogP contribution >= 0.6 is 0 Å². The number of rotatable bonds is 4. The Kier molecular flexibility index (Phi) is 7.20. The number of fused-ring (bicyclic) bond motifs is 7. The monoisotopic (exact) mass is 742 g/mol. The summed E-state index contributed by atoms with van der Waals surface area (Å²) < 4.78 is 12.9. The molecule has 0 saturated heterocycles. The van der Waals surface area contributed by atoms with Gasteiger partial charge in [0, 0.05) is 11.4 Å². The maximum atomic E-state index is 6.44. The third-order valence-electron chi connectivity index (χ3n) is 11.6. The average molecular weight is 743 g/mol. The van der Waals surface area contributed by atoms with Gasteiger partial charge in [-0.2, -0.15) is 0 Å². The fourth-order valence-electron chi connectivity index (χ4n) is 9.02. The van der Waals surface area contributed by atoms with Gasteiger partial charge in [-0.3, -0.25) is 0 Å². The second-order valence-electron chi connectivity index (χ2n) is 14.9. The lowest BCUT2D eigenvalue weighted by molar-refractivity contribution is 0.477. The van der Waals surface area contributed by atoms with Crippen molar-refractivity contribution in [1.29, 1.82) is 0 Å². The molecular weight excluding hydrogens is 709 g/mol. The molecule has 0 amide bonds. The summed E-state index contributed by atoms with van der Waals surface area (Å²) in [7, 11) is 0. The number of benzene rings is 10. The highest BCUT2D eigenvalue weighted by molar-refractivity contribution is 6.23. The highest BCUT2D eigenvalue weighted by atomic mass is 16.5. The van der Waals surface area contributed by atoms with Crippen molar-refractivity contribution in [3.63, 3.8) is 0 Å². The smallest absolute Gasteiger partial charge is 0.151 e. The molecule has 0 unspecified atom stereocenters. The topological polar surface area (TPSA) is 24.9 Å². The minimum Gasteiger partial charge on any atom is -0.453 e. The lowest BCUT2D eigenvalue weighted by Crippen LogP contribution is -2.15. The molecule has 0 spiro atoms. The normalized spacial score (nSPS) is 12.7. The molecule has 0 aliphatic carbocycles. The van der Waals surface area contributed by atoms with Crippen LogP contribution in [0.1, 0.15) is 0 Å². The van der Waals surface area contributed by atoms with Crippen LogP contribution in [0.2, 0.25) is 0 Å². The van der Waals surface area contributed by atoms with Crippen LogP contribution in [0.4, 0.5) is 34.1 Å². The maximum absolute atomic E-state index is 6.44. The number of anilines is 6. The van der Waals surface area contributed by atoms with E-state index in [1.165, 1.54) is 49.0 Å². The molecule has 10 aromatic rings. The molecule has 0 bridgehead atoms. The van der Waals surface area contributed by atoms with Gasteiger partial charge in [-0.25, -0.2) is 0 Å². The predicted molar refractivity (Wildman–Crippen MR) is 239 cm³/mol. The summed E-state index contributed by atoms with van der Waals surface area (Å²) in [6, 6.07) is 73.4. The number of para-hydroxylation sites is 8. The molecule has 0 fully saturated rings. The van der Waals surface area contributed by atoms with Crippen LogP contribution in [-0.2, 0) is 0 Å². The molecule has 272 valence electrons. The number of ether oxygens (including phenoxy) is 2. The zero-order valence-electron chi connectivity index (χ0n) is 31.3. The minimum absolute atomic E-state index is 0.832. The summed E-state index contributed by atoms with van der Waals surface area (Å²) in [6.45, 7) is 0. The van der Waals surface area contributed by atoms with Crippen molar-refractivity contribution in [3.8, 4) is 45.3 Å². The third-order valence-corrected chi connectivity index (χ3v) is 11.6. The van der Waals surface area contributed by atoms with E-state index in [1.54, 1.807) is 0 Å². The second-order valence-corrected chi connectivity index (χ2v) is 14.9. The Morgan fingerprint density at radius 3 is 1.19 bits per heavy atom. The highest BCUT2D eigenvalue weighted by Gasteiger charge is 2.29. The third kappa shape index (κ3) is 5.02. The van der Waals surface area contributed by atoms with Crippen LogP contribution in [-0.4, -0.2) is 0 Å². The summed E-state index contributed by atoms with van der Waals surface area (Å²) in [5, 5.41) is 7.14. The quantitative estimate of drug-likeness (QED) is 0.168. The molecule has 4 nitrogen and oxygen atoms in total. The Balaban J connectivity index is 1.18. The molecular formula is C54H34N2O2. The standard InChI is InChI=1S/C54H34N2O2/c1-2-15-36(16-3-1)53-41-30-28-40(56-47-20-8-12-24-51(47)58-52-25-13-9-21-48(52)56)34-44(41)54(38-27-26-35-14-4-5-17-37(35)32-38)42-31-29-39(33-43(42)53)55-45-18-6-10-22-49(45)57-50-23-11-7-19-46(50)55/h1-34H. The van der Waals surface area contributed by atoms with Gasteiger partial charge >= 0.3 is 0 Å².